The standard InChI is InChI=1S/C25H27ClN4O4/c26-21-10-8-20(9-11-21)25(19-6-7-19)22(31)30(23(32)27-25)17-28-12-14-29(15-13-28)24(33)34-16-18-4-2-1-3-5-18/h1-5,8-11,19H,6-7,12-17H2,(H,27,32). The van der Waals surface area contributed by atoms with Gasteiger partial charge in [-0.1, -0.05) is 54.1 Å². The van der Waals surface area contributed by atoms with Crippen LogP contribution in [0.15, 0.2) is 54.6 Å². The lowest BCUT2D eigenvalue weighted by Crippen LogP contribution is -2.53. The lowest BCUT2D eigenvalue weighted by molar-refractivity contribution is -0.134. The monoisotopic (exact) mass is 482 g/mol. The average Bonchev–Trinajstić information content (AvgIpc) is 3.68. The van der Waals surface area contributed by atoms with E-state index < -0.39 is 5.54 Å². The maximum Gasteiger partial charge on any atom is 0.410 e. The quantitative estimate of drug-likeness (QED) is 0.638. The summed E-state index contributed by atoms with van der Waals surface area (Å²) in [5.74, 6) is -0.126. The van der Waals surface area contributed by atoms with E-state index in [1.165, 1.54) is 4.90 Å². The summed E-state index contributed by atoms with van der Waals surface area (Å²) in [6, 6.07) is 16.3. The number of nitrogens with zero attached hydrogens (tertiary/aromatic N) is 3. The van der Waals surface area contributed by atoms with Gasteiger partial charge in [-0.05, 0) is 42.0 Å². The second-order valence-electron chi connectivity index (χ2n) is 9.04. The number of hydrogen-bond donors (Lipinski definition) is 1. The molecule has 4 amide bonds. The Morgan fingerprint density at radius 1 is 1.00 bits per heavy atom. The Morgan fingerprint density at radius 3 is 2.32 bits per heavy atom. The molecule has 1 aliphatic carbocycles. The van der Waals surface area contributed by atoms with Gasteiger partial charge in [-0.25, -0.2) is 14.5 Å². The summed E-state index contributed by atoms with van der Waals surface area (Å²) in [6.07, 6.45) is 1.44. The third-order valence-corrected chi connectivity index (χ3v) is 7.05. The van der Waals surface area contributed by atoms with Crippen molar-refractivity contribution in [3.63, 3.8) is 0 Å². The number of carbonyl (C=O) groups excluding carboxylic acids is 3. The molecule has 2 aliphatic heterocycles. The van der Waals surface area contributed by atoms with Crippen molar-refractivity contribution in [1.82, 2.24) is 20.0 Å². The molecular formula is C25H27ClN4O4. The molecule has 0 bridgehead atoms. The number of benzene rings is 2. The highest BCUT2D eigenvalue weighted by Gasteiger charge is 2.60. The highest BCUT2D eigenvalue weighted by Crippen LogP contribution is 2.49. The topological polar surface area (TPSA) is 82.2 Å². The van der Waals surface area contributed by atoms with Gasteiger partial charge in [0.1, 0.15) is 12.1 Å². The zero-order valence-corrected chi connectivity index (χ0v) is 19.5. The molecule has 2 aromatic carbocycles. The number of nitrogens with one attached hydrogen (secondary N) is 1. The first kappa shape index (κ1) is 22.7. The van der Waals surface area contributed by atoms with Crippen LogP contribution in [-0.4, -0.2) is 65.6 Å². The number of urea groups is 1. The fourth-order valence-electron chi connectivity index (χ4n) is 4.74. The average molecular weight is 483 g/mol. The fraction of sp³-hybridized carbons (Fsp3) is 0.400. The summed E-state index contributed by atoms with van der Waals surface area (Å²) in [5.41, 5.74) is 0.684. The van der Waals surface area contributed by atoms with Crippen LogP contribution in [0.3, 0.4) is 0 Å². The van der Waals surface area contributed by atoms with E-state index in [9.17, 15) is 14.4 Å². The molecular weight excluding hydrogens is 456 g/mol. The smallest absolute Gasteiger partial charge is 0.410 e. The minimum Gasteiger partial charge on any atom is -0.445 e. The lowest BCUT2D eigenvalue weighted by atomic mass is 9.85. The zero-order chi connectivity index (χ0) is 23.7. The van der Waals surface area contributed by atoms with Gasteiger partial charge < -0.3 is 15.0 Å². The summed E-state index contributed by atoms with van der Waals surface area (Å²) < 4.78 is 5.42. The SMILES string of the molecule is O=C(OCc1ccccc1)N1CCN(CN2C(=O)NC(c3ccc(Cl)cc3)(C3CC3)C2=O)CC1. The molecule has 0 spiro atoms. The van der Waals surface area contributed by atoms with Crippen molar-refractivity contribution in [3.05, 3.63) is 70.7 Å². The third kappa shape index (κ3) is 4.35. The van der Waals surface area contributed by atoms with Crippen LogP contribution in [0.1, 0.15) is 24.0 Å². The first-order valence-corrected chi connectivity index (χ1v) is 11.9. The van der Waals surface area contributed by atoms with E-state index in [0.717, 1.165) is 24.0 Å². The van der Waals surface area contributed by atoms with E-state index >= 15 is 0 Å². The fourth-order valence-corrected chi connectivity index (χ4v) is 4.87. The molecule has 1 unspecified atom stereocenters. The van der Waals surface area contributed by atoms with Crippen molar-refractivity contribution in [3.8, 4) is 0 Å². The molecule has 5 rings (SSSR count). The number of piperazine rings is 1. The minimum atomic E-state index is -1.02. The molecule has 178 valence electrons. The van der Waals surface area contributed by atoms with Gasteiger partial charge in [0.25, 0.3) is 5.91 Å². The third-order valence-electron chi connectivity index (χ3n) is 6.80. The number of amides is 4. The Hall–Kier alpha value is -3.10. The van der Waals surface area contributed by atoms with Crippen molar-refractivity contribution in [2.75, 3.05) is 32.8 Å². The Bertz CT molecular complexity index is 1070. The maximum absolute atomic E-state index is 13.6. The first-order valence-electron chi connectivity index (χ1n) is 11.6. The van der Waals surface area contributed by atoms with Crippen molar-refractivity contribution in [2.45, 2.75) is 25.0 Å². The van der Waals surface area contributed by atoms with Gasteiger partial charge in [-0.3, -0.25) is 9.69 Å². The molecule has 34 heavy (non-hydrogen) atoms. The minimum absolute atomic E-state index is 0.0892. The van der Waals surface area contributed by atoms with E-state index in [0.29, 0.717) is 31.2 Å². The number of hydrogen-bond acceptors (Lipinski definition) is 5. The van der Waals surface area contributed by atoms with E-state index in [4.69, 9.17) is 16.3 Å². The van der Waals surface area contributed by atoms with Gasteiger partial charge in [0.05, 0.1) is 6.67 Å². The van der Waals surface area contributed by atoms with Crippen LogP contribution in [0.4, 0.5) is 9.59 Å². The molecule has 9 heteroatoms. The molecule has 0 aromatic heterocycles. The van der Waals surface area contributed by atoms with E-state index in [1.54, 1.807) is 17.0 Å². The molecule has 3 fully saturated rings. The van der Waals surface area contributed by atoms with E-state index in [2.05, 4.69) is 5.32 Å². The predicted molar refractivity (Wildman–Crippen MR) is 126 cm³/mol. The highest BCUT2D eigenvalue weighted by molar-refractivity contribution is 6.30. The van der Waals surface area contributed by atoms with Crippen molar-refractivity contribution >= 4 is 29.6 Å². The van der Waals surface area contributed by atoms with Crippen LogP contribution in [0.2, 0.25) is 5.02 Å². The molecule has 2 saturated heterocycles. The summed E-state index contributed by atoms with van der Waals surface area (Å²) in [4.78, 5) is 43.9. The molecule has 8 nitrogen and oxygen atoms in total. The molecule has 1 saturated carbocycles. The molecule has 2 aromatic rings. The van der Waals surface area contributed by atoms with Crippen LogP contribution in [-0.2, 0) is 21.7 Å². The number of halogens is 1. The summed E-state index contributed by atoms with van der Waals surface area (Å²) >= 11 is 6.04. The van der Waals surface area contributed by atoms with Crippen LogP contribution >= 0.6 is 11.6 Å². The molecule has 3 aliphatic rings. The number of imide groups is 1. The Morgan fingerprint density at radius 2 is 1.68 bits per heavy atom. The van der Waals surface area contributed by atoms with Gasteiger partial charge >= 0.3 is 12.1 Å². The zero-order valence-electron chi connectivity index (χ0n) is 18.8. The summed E-state index contributed by atoms with van der Waals surface area (Å²) in [5, 5.41) is 3.58. The van der Waals surface area contributed by atoms with Crippen molar-refractivity contribution in [1.29, 1.82) is 0 Å². The van der Waals surface area contributed by atoms with Gasteiger partial charge in [0.2, 0.25) is 0 Å². The predicted octanol–water partition coefficient (Wildman–Crippen LogP) is 3.41. The second kappa shape index (κ2) is 9.27. The number of rotatable bonds is 6. The van der Waals surface area contributed by atoms with Crippen LogP contribution in [0.5, 0.6) is 0 Å². The first-order chi connectivity index (χ1) is 16.5. The normalized spacial score (nSPS) is 23.2. The Labute approximate surface area is 203 Å². The highest BCUT2D eigenvalue weighted by atomic mass is 35.5. The largest absolute Gasteiger partial charge is 0.445 e. The van der Waals surface area contributed by atoms with Gasteiger partial charge in [0, 0.05) is 31.2 Å². The van der Waals surface area contributed by atoms with Gasteiger partial charge in [-0.15, -0.1) is 0 Å². The van der Waals surface area contributed by atoms with Crippen LogP contribution in [0, 0.1) is 5.92 Å². The second-order valence-corrected chi connectivity index (χ2v) is 9.48. The van der Waals surface area contributed by atoms with Crippen molar-refractivity contribution in [2.24, 2.45) is 5.92 Å². The Balaban J connectivity index is 1.18. The summed E-state index contributed by atoms with van der Waals surface area (Å²) in [6.45, 7) is 2.48. The van der Waals surface area contributed by atoms with Crippen molar-refractivity contribution < 1.29 is 19.1 Å². The van der Waals surface area contributed by atoms with Crippen LogP contribution in [0.25, 0.3) is 0 Å². The Kier molecular flexibility index (Phi) is 6.18. The maximum atomic E-state index is 13.6. The number of ether oxygens (including phenoxy) is 1. The molecule has 1 N–H and O–H groups in total. The van der Waals surface area contributed by atoms with Crippen LogP contribution < -0.4 is 5.32 Å². The lowest BCUT2D eigenvalue weighted by Gasteiger charge is -2.35. The van der Waals surface area contributed by atoms with E-state index in [-0.39, 0.29) is 37.2 Å². The van der Waals surface area contributed by atoms with E-state index in [1.807, 2.05) is 47.4 Å². The molecule has 0 radical (unpaired) electrons. The molecule has 1 atom stereocenters. The molecule has 2 heterocycles. The van der Waals surface area contributed by atoms with Gasteiger partial charge in [-0.2, -0.15) is 0 Å². The summed E-state index contributed by atoms with van der Waals surface area (Å²) in [7, 11) is 0. The number of carbonyl (C=O) groups is 3. The van der Waals surface area contributed by atoms with Gasteiger partial charge in [0.15, 0.2) is 0 Å².